The summed E-state index contributed by atoms with van der Waals surface area (Å²) in [6.07, 6.45) is 10.6. The normalized spacial score (nSPS) is 17.2. The summed E-state index contributed by atoms with van der Waals surface area (Å²) >= 11 is 0. The molecule has 0 saturated carbocycles. The average Bonchev–Trinajstić information content (AvgIpc) is 3.53. The van der Waals surface area contributed by atoms with E-state index >= 15 is 0 Å². The number of nitrogens with one attached hydrogen (secondary N) is 1. The van der Waals surface area contributed by atoms with E-state index in [-0.39, 0.29) is 66.8 Å². The summed E-state index contributed by atoms with van der Waals surface area (Å²) in [7, 11) is -17.6. The first-order valence-electron chi connectivity index (χ1n) is 24.8. The van der Waals surface area contributed by atoms with Gasteiger partial charge in [-0.1, -0.05) is 78.0 Å². The second-order valence-electron chi connectivity index (χ2n) is 20.4. The molecule has 416 valence electrons. The second-order valence-corrected chi connectivity index (χ2v) is 26.4. The Labute approximate surface area is 446 Å². The molecular formula is C53H69N3O16S4. The van der Waals surface area contributed by atoms with Crippen LogP contribution < -0.4 is 15.0 Å². The molecule has 1 atom stereocenters. The third-order valence-corrected chi connectivity index (χ3v) is 16.6. The van der Waals surface area contributed by atoms with E-state index in [2.05, 4.69) is 5.32 Å². The summed E-state index contributed by atoms with van der Waals surface area (Å²) in [6.45, 7) is 11.7. The minimum absolute atomic E-state index is 0.00446. The molecule has 5 rings (SSSR count). The van der Waals surface area contributed by atoms with Gasteiger partial charge in [0, 0.05) is 53.9 Å². The van der Waals surface area contributed by atoms with Crippen LogP contribution in [0, 0.1) is 5.92 Å². The molecule has 1 unspecified atom stereocenters. The summed E-state index contributed by atoms with van der Waals surface area (Å²) in [5, 5.41) is 12.6. The van der Waals surface area contributed by atoms with Crippen LogP contribution in [0.3, 0.4) is 0 Å². The number of aliphatic carboxylic acids is 1. The van der Waals surface area contributed by atoms with Crippen LogP contribution >= 0.6 is 0 Å². The molecule has 0 aromatic heterocycles. The molecule has 3 aromatic carbocycles. The number of carbonyl (C=O) groups is 2. The number of carboxylic acid groups (broad SMARTS) is 1. The van der Waals surface area contributed by atoms with E-state index < -0.39 is 74.8 Å². The minimum Gasteiger partial charge on any atom is -0.480 e. The third kappa shape index (κ3) is 17.5. The number of aliphatic imine (C=N–C) groups is 1. The van der Waals surface area contributed by atoms with Crippen molar-refractivity contribution in [3.63, 3.8) is 0 Å². The Hall–Kier alpha value is -5.53. The number of anilines is 1. The summed E-state index contributed by atoms with van der Waals surface area (Å²) < 4.78 is 141. The van der Waals surface area contributed by atoms with E-state index in [1.54, 1.807) is 42.5 Å². The van der Waals surface area contributed by atoms with E-state index in [0.29, 0.717) is 83.0 Å². The van der Waals surface area contributed by atoms with E-state index in [1.807, 2.05) is 64.7 Å². The minimum atomic E-state index is -4.59. The van der Waals surface area contributed by atoms with Crippen molar-refractivity contribution in [2.24, 2.45) is 10.9 Å². The number of fused-ring (bicyclic) bond motifs is 1. The SMILES string of the molecule is CC(C)CCC(=O)NC(Cc1ccc(OC2=C(/C=C/C(=NCCCCS(=O)(=O)O)C(C)(C)c3cccc(S(=O)(=O)O)c3)CCC/C2=C\C=C2\N(CCCCS(=O)(=O)O)c3ccc(S(=O)(=O)O)cc3C2(C)C)cc1)C(=O)O. The molecule has 0 fully saturated rings. The number of carboxylic acids is 1. The molecule has 0 radical (unpaired) electrons. The van der Waals surface area contributed by atoms with Crippen LogP contribution in [0.4, 0.5) is 5.69 Å². The number of benzene rings is 3. The zero-order valence-corrected chi connectivity index (χ0v) is 46.7. The number of unbranched alkanes of at least 4 members (excludes halogenated alkanes) is 2. The number of hydrogen-bond acceptors (Lipinski definition) is 13. The van der Waals surface area contributed by atoms with Gasteiger partial charge in [-0.15, -0.1) is 0 Å². The molecule has 1 heterocycles. The van der Waals surface area contributed by atoms with Crippen LogP contribution in [0.5, 0.6) is 5.75 Å². The van der Waals surface area contributed by atoms with Crippen molar-refractivity contribution >= 4 is 63.7 Å². The van der Waals surface area contributed by atoms with Crippen molar-refractivity contribution in [1.82, 2.24) is 5.32 Å². The molecule has 2 aliphatic rings. The van der Waals surface area contributed by atoms with E-state index in [9.17, 15) is 66.6 Å². The fraction of sp³-hybridized carbons (Fsp3) is 0.453. The van der Waals surface area contributed by atoms with Crippen LogP contribution in [0.15, 0.2) is 128 Å². The van der Waals surface area contributed by atoms with Crippen LogP contribution in [0.25, 0.3) is 0 Å². The van der Waals surface area contributed by atoms with Gasteiger partial charge in [-0.25, -0.2) is 4.79 Å². The highest BCUT2D eigenvalue weighted by molar-refractivity contribution is 7.86. The summed E-state index contributed by atoms with van der Waals surface area (Å²) in [5.74, 6) is -1.42. The van der Waals surface area contributed by atoms with Gasteiger partial charge in [0.25, 0.3) is 40.5 Å². The second kappa shape index (κ2) is 25.3. The Kier molecular flexibility index (Phi) is 20.4. The van der Waals surface area contributed by atoms with Gasteiger partial charge in [0.05, 0.1) is 21.3 Å². The van der Waals surface area contributed by atoms with Gasteiger partial charge in [-0.2, -0.15) is 33.7 Å². The average molecular weight is 1130 g/mol. The van der Waals surface area contributed by atoms with Crippen LogP contribution in [0.1, 0.15) is 116 Å². The molecule has 6 N–H and O–H groups in total. The number of hydrogen-bond donors (Lipinski definition) is 6. The lowest BCUT2D eigenvalue weighted by atomic mass is 9.79. The zero-order chi connectivity index (χ0) is 56.4. The fourth-order valence-corrected chi connectivity index (χ4v) is 11.2. The zero-order valence-electron chi connectivity index (χ0n) is 43.5. The van der Waals surface area contributed by atoms with Gasteiger partial charge in [0.15, 0.2) is 0 Å². The van der Waals surface area contributed by atoms with Gasteiger partial charge in [0.2, 0.25) is 5.91 Å². The van der Waals surface area contributed by atoms with Gasteiger partial charge >= 0.3 is 5.97 Å². The Morgan fingerprint density at radius 1 is 0.816 bits per heavy atom. The Balaban J connectivity index is 1.64. The van der Waals surface area contributed by atoms with Crippen molar-refractivity contribution in [2.75, 3.05) is 29.5 Å². The number of ether oxygens (including phenoxy) is 1. The van der Waals surface area contributed by atoms with Crippen molar-refractivity contribution < 1.29 is 71.3 Å². The number of amides is 1. The number of rotatable bonds is 26. The topological polar surface area (TPSA) is 309 Å². The van der Waals surface area contributed by atoms with E-state index in [1.165, 1.54) is 30.3 Å². The molecular weight excluding hydrogens is 1060 g/mol. The first-order valence-corrected chi connectivity index (χ1v) is 30.9. The summed E-state index contributed by atoms with van der Waals surface area (Å²) in [4.78, 5) is 31.0. The van der Waals surface area contributed by atoms with Crippen molar-refractivity contribution in [3.8, 4) is 5.75 Å². The number of nitrogens with zero attached hydrogens (tertiary/aromatic N) is 2. The van der Waals surface area contributed by atoms with Crippen LogP contribution in [0.2, 0.25) is 0 Å². The standard InChI is InChI=1S/C53H69N3O16S4/c1-36(2)17-28-49(57)55-45(51(58)59)33-37-18-22-41(23-19-37)72-50-38(20-26-47(54-29-7-9-31-73(60,61)62)52(3,4)40-15-12-16-42(34-40)75(66,67)68)13-11-14-39(50)21-27-48-53(5,6)44-35-43(76(69,70)71)24-25-46(44)56(48)30-8-10-32-74(63,64)65/h12,15-16,18-27,34-36,45H,7-11,13-14,17,28-33H2,1-6H3,(H,55,57)(H,58,59)(H,60,61,62)(H,63,64,65)(H,66,67,68)(H,69,70,71)/b26-20+,39-21+,48-27+,54-47?. The maximum absolute atomic E-state index is 12.6. The predicted molar refractivity (Wildman–Crippen MR) is 290 cm³/mol. The highest BCUT2D eigenvalue weighted by atomic mass is 32.2. The number of carbonyl (C=O) groups excluding carboxylic acids is 1. The van der Waals surface area contributed by atoms with Crippen molar-refractivity contribution in [2.45, 2.75) is 132 Å². The Morgan fingerprint density at radius 2 is 1.45 bits per heavy atom. The molecule has 0 bridgehead atoms. The summed E-state index contributed by atoms with van der Waals surface area (Å²) in [6, 6.07) is 15.6. The maximum atomic E-state index is 12.6. The molecule has 23 heteroatoms. The molecule has 0 spiro atoms. The lowest BCUT2D eigenvalue weighted by Gasteiger charge is -2.28. The molecule has 19 nitrogen and oxygen atoms in total. The Morgan fingerprint density at radius 3 is 2.05 bits per heavy atom. The van der Waals surface area contributed by atoms with Gasteiger partial charge in [-0.05, 0) is 140 Å². The smallest absolute Gasteiger partial charge is 0.326 e. The molecule has 1 aliphatic carbocycles. The lowest BCUT2D eigenvalue weighted by molar-refractivity contribution is -0.141. The Bertz CT molecular complexity index is 3250. The van der Waals surface area contributed by atoms with Crippen LogP contribution in [-0.2, 0) is 67.3 Å². The van der Waals surface area contributed by atoms with Gasteiger partial charge in [0.1, 0.15) is 17.6 Å². The molecule has 76 heavy (non-hydrogen) atoms. The van der Waals surface area contributed by atoms with Gasteiger partial charge in [-0.3, -0.25) is 28.0 Å². The molecule has 3 aromatic rings. The molecule has 1 aliphatic heterocycles. The van der Waals surface area contributed by atoms with Gasteiger partial charge < -0.3 is 20.1 Å². The monoisotopic (exact) mass is 1130 g/mol. The van der Waals surface area contributed by atoms with E-state index in [0.717, 1.165) is 5.57 Å². The van der Waals surface area contributed by atoms with Crippen molar-refractivity contribution in [1.29, 1.82) is 0 Å². The van der Waals surface area contributed by atoms with Crippen molar-refractivity contribution in [3.05, 3.63) is 130 Å². The lowest BCUT2D eigenvalue weighted by Crippen LogP contribution is -2.42. The van der Waals surface area contributed by atoms with E-state index in [4.69, 9.17) is 9.73 Å². The fourth-order valence-electron chi connectivity index (χ4n) is 9.00. The van der Waals surface area contributed by atoms with Crippen LogP contribution in [-0.4, -0.2) is 105 Å². The first kappa shape index (κ1) is 61.3. The maximum Gasteiger partial charge on any atom is 0.326 e. The highest BCUT2D eigenvalue weighted by Gasteiger charge is 2.41. The largest absolute Gasteiger partial charge is 0.480 e. The quantitative estimate of drug-likeness (QED) is 0.0249. The number of allylic oxidation sites excluding steroid dienone is 7. The summed E-state index contributed by atoms with van der Waals surface area (Å²) in [5.41, 5.74) is 2.98. The predicted octanol–water partition coefficient (Wildman–Crippen LogP) is 8.46. The first-order chi connectivity index (χ1) is 35.3. The highest BCUT2D eigenvalue weighted by Crippen LogP contribution is 2.49. The molecule has 1 amide bonds. The third-order valence-electron chi connectivity index (χ3n) is 13.3. The molecule has 0 saturated heterocycles.